The summed E-state index contributed by atoms with van der Waals surface area (Å²) < 4.78 is 1.32. The number of aromatic nitrogens is 3. The Morgan fingerprint density at radius 3 is 2.88 bits per heavy atom. The van der Waals surface area contributed by atoms with E-state index in [1.54, 1.807) is 0 Å². The van der Waals surface area contributed by atoms with E-state index in [1.807, 2.05) is 0 Å². The number of rotatable bonds is 2. The van der Waals surface area contributed by atoms with Gasteiger partial charge >= 0.3 is 5.97 Å². The largest absolute Gasteiger partial charge is 0.478 e. The van der Waals surface area contributed by atoms with Crippen LogP contribution < -0.4 is 5.73 Å². The monoisotopic (exact) mass is 238 g/mol. The molecule has 16 heavy (non-hydrogen) atoms. The van der Waals surface area contributed by atoms with E-state index in [1.165, 1.54) is 29.3 Å². The van der Waals surface area contributed by atoms with Gasteiger partial charge < -0.3 is 10.8 Å². The van der Waals surface area contributed by atoms with Gasteiger partial charge in [0.1, 0.15) is 0 Å². The zero-order chi connectivity index (χ0) is 11.7. The van der Waals surface area contributed by atoms with Gasteiger partial charge in [-0.3, -0.25) is 0 Å². The smallest absolute Gasteiger partial charge is 0.337 e. The van der Waals surface area contributed by atoms with Crippen molar-refractivity contribution in [2.75, 3.05) is 5.73 Å². The molecular formula is C9H7ClN4O2. The van der Waals surface area contributed by atoms with Crippen LogP contribution in [-0.2, 0) is 0 Å². The lowest BCUT2D eigenvalue weighted by Gasteiger charge is -2.06. The van der Waals surface area contributed by atoms with Gasteiger partial charge in [-0.1, -0.05) is 11.6 Å². The number of nitrogens with two attached hydrogens (primary N) is 1. The Labute approximate surface area is 95.3 Å². The highest BCUT2D eigenvalue weighted by molar-refractivity contribution is 6.30. The van der Waals surface area contributed by atoms with Gasteiger partial charge in [0.2, 0.25) is 0 Å². The van der Waals surface area contributed by atoms with Crippen LogP contribution in [0.25, 0.3) is 5.82 Å². The predicted molar refractivity (Wildman–Crippen MR) is 57.7 cm³/mol. The highest BCUT2D eigenvalue weighted by atomic mass is 35.5. The summed E-state index contributed by atoms with van der Waals surface area (Å²) in [6.07, 6.45) is 4.26. The maximum Gasteiger partial charge on any atom is 0.337 e. The molecular weight excluding hydrogens is 232 g/mol. The summed E-state index contributed by atoms with van der Waals surface area (Å²) in [6.45, 7) is 0. The predicted octanol–water partition coefficient (Wildman–Crippen LogP) is 1.20. The van der Waals surface area contributed by atoms with Crippen molar-refractivity contribution in [1.29, 1.82) is 0 Å². The summed E-state index contributed by atoms with van der Waals surface area (Å²) in [7, 11) is 0. The molecule has 0 spiro atoms. The molecule has 0 radical (unpaired) electrons. The number of halogens is 1. The van der Waals surface area contributed by atoms with Crippen LogP contribution in [0.15, 0.2) is 24.7 Å². The van der Waals surface area contributed by atoms with E-state index in [4.69, 9.17) is 22.4 Å². The normalized spacial score (nSPS) is 10.3. The third-order valence-electron chi connectivity index (χ3n) is 1.97. The average molecular weight is 239 g/mol. The molecule has 0 saturated heterocycles. The number of aromatic carboxylic acids is 1. The van der Waals surface area contributed by atoms with Crippen LogP contribution in [0.4, 0.5) is 5.69 Å². The minimum Gasteiger partial charge on any atom is -0.478 e. The van der Waals surface area contributed by atoms with E-state index in [2.05, 4.69) is 10.1 Å². The fourth-order valence-electron chi connectivity index (χ4n) is 1.25. The van der Waals surface area contributed by atoms with Crippen molar-refractivity contribution in [3.8, 4) is 5.82 Å². The molecule has 0 fully saturated rings. The van der Waals surface area contributed by atoms with Crippen molar-refractivity contribution in [3.63, 3.8) is 0 Å². The molecule has 0 aliphatic heterocycles. The second-order valence-electron chi connectivity index (χ2n) is 3.00. The van der Waals surface area contributed by atoms with Crippen LogP contribution in [0, 0.1) is 0 Å². The molecule has 0 bridgehead atoms. The molecule has 3 N–H and O–H groups in total. The molecule has 0 saturated carbocycles. The zero-order valence-electron chi connectivity index (χ0n) is 7.96. The third kappa shape index (κ3) is 1.70. The minimum atomic E-state index is -1.11. The molecule has 2 aromatic heterocycles. The summed E-state index contributed by atoms with van der Waals surface area (Å²) in [5.74, 6) is -0.869. The van der Waals surface area contributed by atoms with Crippen molar-refractivity contribution in [2.24, 2.45) is 0 Å². The molecule has 0 amide bonds. The summed E-state index contributed by atoms with van der Waals surface area (Å²) in [5.41, 5.74) is 5.71. The number of anilines is 1. The number of hydrogen-bond acceptors (Lipinski definition) is 4. The first-order chi connectivity index (χ1) is 7.59. The second kappa shape index (κ2) is 3.82. The Morgan fingerprint density at radius 1 is 1.56 bits per heavy atom. The van der Waals surface area contributed by atoms with E-state index in [9.17, 15) is 4.79 Å². The number of carbonyl (C=O) groups is 1. The number of carboxylic acids is 1. The molecule has 2 rings (SSSR count). The third-order valence-corrected chi connectivity index (χ3v) is 2.16. The Bertz CT molecular complexity index is 552. The molecule has 6 nitrogen and oxygen atoms in total. The fraction of sp³-hybridized carbons (Fsp3) is 0. The zero-order valence-corrected chi connectivity index (χ0v) is 8.72. The summed E-state index contributed by atoms with van der Waals surface area (Å²) in [4.78, 5) is 14.8. The molecule has 0 aromatic carbocycles. The van der Waals surface area contributed by atoms with Gasteiger partial charge in [-0.2, -0.15) is 5.10 Å². The first-order valence-corrected chi connectivity index (χ1v) is 4.65. The molecule has 0 atom stereocenters. The summed E-state index contributed by atoms with van der Waals surface area (Å²) in [5, 5.41) is 13.2. The summed E-state index contributed by atoms with van der Waals surface area (Å²) in [6, 6.07) is 1.33. The molecule has 0 unspecified atom stereocenters. The number of carboxylic acid groups (broad SMARTS) is 1. The van der Waals surface area contributed by atoms with Crippen LogP contribution in [0.3, 0.4) is 0 Å². The highest BCUT2D eigenvalue weighted by Gasteiger charge is 2.13. The lowest BCUT2D eigenvalue weighted by molar-refractivity contribution is 0.0698. The van der Waals surface area contributed by atoms with Crippen molar-refractivity contribution >= 4 is 23.3 Å². The number of pyridine rings is 1. The second-order valence-corrected chi connectivity index (χ2v) is 3.44. The molecule has 2 aromatic rings. The van der Waals surface area contributed by atoms with Gasteiger partial charge in [-0.05, 0) is 6.07 Å². The Balaban J connectivity index is 2.58. The van der Waals surface area contributed by atoms with Crippen LogP contribution in [0.1, 0.15) is 10.4 Å². The van der Waals surface area contributed by atoms with E-state index in [0.717, 1.165) is 0 Å². The van der Waals surface area contributed by atoms with Crippen LogP contribution in [0.5, 0.6) is 0 Å². The van der Waals surface area contributed by atoms with E-state index < -0.39 is 5.97 Å². The Morgan fingerprint density at radius 2 is 2.31 bits per heavy atom. The topological polar surface area (TPSA) is 94.0 Å². The van der Waals surface area contributed by atoms with Gasteiger partial charge in [0, 0.05) is 6.20 Å². The average Bonchev–Trinajstić information content (AvgIpc) is 2.64. The van der Waals surface area contributed by atoms with Crippen molar-refractivity contribution in [2.45, 2.75) is 0 Å². The quantitative estimate of drug-likeness (QED) is 0.820. The van der Waals surface area contributed by atoms with Crippen LogP contribution >= 0.6 is 11.6 Å². The number of nitrogens with zero attached hydrogens (tertiary/aromatic N) is 3. The van der Waals surface area contributed by atoms with E-state index in [0.29, 0.717) is 5.02 Å². The van der Waals surface area contributed by atoms with Gasteiger partial charge in [0.05, 0.1) is 28.7 Å². The fourth-order valence-corrected chi connectivity index (χ4v) is 1.38. The molecule has 7 heteroatoms. The number of nitrogen functional groups attached to an aromatic ring is 1. The van der Waals surface area contributed by atoms with Crippen molar-refractivity contribution in [1.82, 2.24) is 14.8 Å². The van der Waals surface area contributed by atoms with E-state index in [-0.39, 0.29) is 17.1 Å². The highest BCUT2D eigenvalue weighted by Crippen LogP contribution is 2.19. The van der Waals surface area contributed by atoms with Crippen LogP contribution in [0.2, 0.25) is 5.02 Å². The maximum absolute atomic E-state index is 10.8. The number of hydrogen-bond donors (Lipinski definition) is 2. The lowest BCUT2D eigenvalue weighted by atomic mass is 10.2. The Kier molecular flexibility index (Phi) is 2.49. The van der Waals surface area contributed by atoms with Gasteiger partial charge in [-0.15, -0.1) is 0 Å². The first kappa shape index (κ1) is 10.4. The van der Waals surface area contributed by atoms with E-state index >= 15 is 0 Å². The first-order valence-electron chi connectivity index (χ1n) is 4.28. The molecule has 82 valence electrons. The minimum absolute atomic E-state index is 0.0170. The summed E-state index contributed by atoms with van der Waals surface area (Å²) >= 11 is 5.70. The molecule has 2 heterocycles. The van der Waals surface area contributed by atoms with Gasteiger partial charge in [-0.25, -0.2) is 14.5 Å². The maximum atomic E-state index is 10.8. The molecule has 0 aliphatic carbocycles. The van der Waals surface area contributed by atoms with Gasteiger partial charge in [0.25, 0.3) is 0 Å². The van der Waals surface area contributed by atoms with Crippen LogP contribution in [-0.4, -0.2) is 25.8 Å². The standard InChI is InChI=1S/C9H7ClN4O2/c10-5-3-13-14(4-5)8-7(11)6(9(15)16)1-2-12-8/h1-4H,11H2,(H,15,16). The van der Waals surface area contributed by atoms with Crippen molar-refractivity contribution in [3.05, 3.63) is 35.2 Å². The lowest BCUT2D eigenvalue weighted by Crippen LogP contribution is -2.09. The SMILES string of the molecule is Nc1c(C(=O)O)ccnc1-n1cc(Cl)cn1. The van der Waals surface area contributed by atoms with Gasteiger partial charge in [0.15, 0.2) is 5.82 Å². The van der Waals surface area contributed by atoms with Crippen molar-refractivity contribution < 1.29 is 9.90 Å². The molecule has 0 aliphatic rings. The Hall–Kier alpha value is -2.08.